The Morgan fingerprint density at radius 1 is 1.06 bits per heavy atom. The highest BCUT2D eigenvalue weighted by Crippen LogP contribution is 2.41. The van der Waals surface area contributed by atoms with E-state index in [-0.39, 0.29) is 11.1 Å². The number of urea groups is 1. The summed E-state index contributed by atoms with van der Waals surface area (Å²) in [5.74, 6) is -1.45. The van der Waals surface area contributed by atoms with Crippen LogP contribution in [0.15, 0.2) is 46.5 Å². The third-order valence-electron chi connectivity index (χ3n) is 6.14. The van der Waals surface area contributed by atoms with Gasteiger partial charge in [0.2, 0.25) is 0 Å². The highest BCUT2D eigenvalue weighted by molar-refractivity contribution is 9.10. The highest BCUT2D eigenvalue weighted by atomic mass is 79.9. The molecule has 8 heteroatoms. The van der Waals surface area contributed by atoms with Crippen LogP contribution in [0.1, 0.15) is 37.5 Å². The lowest BCUT2D eigenvalue weighted by molar-refractivity contribution is -0.122. The van der Waals surface area contributed by atoms with E-state index < -0.39 is 17.8 Å². The van der Waals surface area contributed by atoms with E-state index in [1.807, 2.05) is 26.1 Å². The van der Waals surface area contributed by atoms with Crippen LogP contribution < -0.4 is 15.1 Å². The van der Waals surface area contributed by atoms with Gasteiger partial charge < -0.3 is 4.90 Å². The first-order valence-corrected chi connectivity index (χ1v) is 11.5. The lowest BCUT2D eigenvalue weighted by atomic mass is 9.88. The minimum absolute atomic E-state index is 0.162. The first-order chi connectivity index (χ1) is 15.4. The van der Waals surface area contributed by atoms with Crippen LogP contribution in [-0.2, 0) is 9.59 Å². The van der Waals surface area contributed by atoms with Gasteiger partial charge in [-0.15, -0.1) is 0 Å². The molecule has 0 aromatic heterocycles. The summed E-state index contributed by atoms with van der Waals surface area (Å²) in [6, 6.07) is 8.11. The predicted octanol–water partition coefficient (Wildman–Crippen LogP) is 5.71. The Morgan fingerprint density at radius 2 is 1.76 bits per heavy atom. The molecule has 2 heterocycles. The van der Waals surface area contributed by atoms with E-state index in [0.717, 1.165) is 26.2 Å². The van der Waals surface area contributed by atoms with E-state index in [9.17, 15) is 14.4 Å². The molecule has 33 heavy (non-hydrogen) atoms. The first kappa shape index (κ1) is 23.3. The molecule has 2 aliphatic rings. The maximum Gasteiger partial charge on any atom is 0.335 e. The second-order valence-corrected chi connectivity index (χ2v) is 10.1. The molecule has 0 aliphatic carbocycles. The van der Waals surface area contributed by atoms with Gasteiger partial charge in [0.05, 0.1) is 11.2 Å². The second-order valence-electron chi connectivity index (χ2n) is 8.82. The monoisotopic (exact) mass is 527 g/mol. The predicted molar refractivity (Wildman–Crippen MR) is 135 cm³/mol. The van der Waals surface area contributed by atoms with Gasteiger partial charge in [0.1, 0.15) is 5.57 Å². The zero-order chi connectivity index (χ0) is 24.2. The fraction of sp³-hybridized carbons (Fsp3) is 0.240. The molecule has 6 nitrogen and oxygen atoms in total. The van der Waals surface area contributed by atoms with E-state index in [2.05, 4.69) is 46.1 Å². The number of nitrogens with zero attached hydrogens (tertiary/aromatic N) is 2. The van der Waals surface area contributed by atoms with Gasteiger partial charge in [0, 0.05) is 27.8 Å². The van der Waals surface area contributed by atoms with Crippen LogP contribution in [0.3, 0.4) is 0 Å². The molecule has 0 unspecified atom stereocenters. The van der Waals surface area contributed by atoms with E-state index >= 15 is 0 Å². The average Bonchev–Trinajstić information content (AvgIpc) is 2.71. The summed E-state index contributed by atoms with van der Waals surface area (Å²) in [6.45, 7) is 8.04. The summed E-state index contributed by atoms with van der Waals surface area (Å²) >= 11 is 9.97. The molecule has 170 valence electrons. The van der Waals surface area contributed by atoms with Gasteiger partial charge in [0.15, 0.2) is 0 Å². The quantitative estimate of drug-likeness (QED) is 0.400. The third-order valence-corrected chi connectivity index (χ3v) is 6.96. The van der Waals surface area contributed by atoms with Gasteiger partial charge in [-0.1, -0.05) is 33.6 Å². The number of hydrogen-bond donors (Lipinski definition) is 1. The number of likely N-dealkylation sites (N-methyl/N-ethyl adjacent to an activating group) is 1. The van der Waals surface area contributed by atoms with Crippen molar-refractivity contribution in [3.8, 4) is 0 Å². The molecule has 4 amide bonds. The molecular formula is C25H23BrClN3O3. The first-order valence-electron chi connectivity index (χ1n) is 10.4. The molecule has 1 saturated heterocycles. The molecule has 0 bridgehead atoms. The van der Waals surface area contributed by atoms with Gasteiger partial charge in [-0.3, -0.25) is 14.9 Å². The van der Waals surface area contributed by atoms with Crippen molar-refractivity contribution in [2.45, 2.75) is 33.2 Å². The molecule has 2 aliphatic heterocycles. The number of carbonyl (C=O) groups excluding carboxylic acids is 3. The summed E-state index contributed by atoms with van der Waals surface area (Å²) in [4.78, 5) is 41.6. The molecule has 1 fully saturated rings. The molecule has 2 aromatic carbocycles. The van der Waals surface area contributed by atoms with E-state index in [4.69, 9.17) is 11.6 Å². The number of barbiturate groups is 1. The van der Waals surface area contributed by atoms with Crippen LogP contribution in [-0.4, -0.2) is 30.4 Å². The third kappa shape index (κ3) is 4.00. The van der Waals surface area contributed by atoms with Gasteiger partial charge in [0.25, 0.3) is 11.8 Å². The number of anilines is 2. The number of aryl methyl sites for hydroxylation is 1. The van der Waals surface area contributed by atoms with Crippen LogP contribution in [0.4, 0.5) is 16.2 Å². The van der Waals surface area contributed by atoms with Crippen molar-refractivity contribution in [3.63, 3.8) is 0 Å². The smallest absolute Gasteiger partial charge is 0.335 e. The van der Waals surface area contributed by atoms with Crippen LogP contribution in [0.5, 0.6) is 0 Å². The standard InChI is InChI=1S/C25H23BrClN3O3/c1-13-8-16(26)6-7-20(13)30-23(32)18(22(31)28-24(30)33)10-15-9-17-14(2)12-25(3,4)29(5)21(17)11-19(15)27/h6-12H,1-5H3,(H,28,31,33)/b18-10-. The minimum Gasteiger partial charge on any atom is -0.365 e. The van der Waals surface area contributed by atoms with E-state index in [1.165, 1.54) is 6.08 Å². The minimum atomic E-state index is -0.785. The van der Waals surface area contributed by atoms with Crippen molar-refractivity contribution in [3.05, 3.63) is 68.2 Å². The van der Waals surface area contributed by atoms with Crippen LogP contribution >= 0.6 is 27.5 Å². The van der Waals surface area contributed by atoms with Crippen molar-refractivity contribution >= 4 is 68.4 Å². The van der Waals surface area contributed by atoms with E-state index in [0.29, 0.717) is 21.8 Å². The summed E-state index contributed by atoms with van der Waals surface area (Å²) in [6.07, 6.45) is 3.61. The molecule has 4 rings (SSSR count). The number of hydrogen-bond acceptors (Lipinski definition) is 4. The van der Waals surface area contributed by atoms with Crippen LogP contribution in [0.2, 0.25) is 5.02 Å². The summed E-state index contributed by atoms with van der Waals surface area (Å²) < 4.78 is 0.817. The van der Waals surface area contributed by atoms with Crippen LogP contribution in [0, 0.1) is 6.92 Å². The van der Waals surface area contributed by atoms with Crippen molar-refractivity contribution in [2.75, 3.05) is 16.8 Å². The van der Waals surface area contributed by atoms with Gasteiger partial charge >= 0.3 is 6.03 Å². The second kappa shape index (κ2) is 8.15. The average molecular weight is 529 g/mol. The van der Waals surface area contributed by atoms with Crippen LogP contribution in [0.25, 0.3) is 11.6 Å². The van der Waals surface area contributed by atoms with Crippen molar-refractivity contribution in [1.29, 1.82) is 0 Å². The molecular weight excluding hydrogens is 506 g/mol. The lowest BCUT2D eigenvalue weighted by Gasteiger charge is -2.40. The number of carbonyl (C=O) groups is 3. The zero-order valence-electron chi connectivity index (χ0n) is 18.9. The van der Waals surface area contributed by atoms with Gasteiger partial charge in [-0.25, -0.2) is 9.69 Å². The van der Waals surface area contributed by atoms with Crippen molar-refractivity contribution in [1.82, 2.24) is 5.32 Å². The molecule has 1 N–H and O–H groups in total. The molecule has 0 radical (unpaired) electrons. The molecule has 2 aromatic rings. The van der Waals surface area contributed by atoms with E-state index in [1.54, 1.807) is 25.1 Å². The Hall–Kier alpha value is -2.90. The number of imide groups is 2. The topological polar surface area (TPSA) is 69.7 Å². The number of allylic oxidation sites excluding steroid dienone is 1. The largest absolute Gasteiger partial charge is 0.365 e. The summed E-state index contributed by atoms with van der Waals surface area (Å²) in [5, 5.41) is 2.67. The van der Waals surface area contributed by atoms with Crippen molar-refractivity contribution < 1.29 is 14.4 Å². The normalized spacial score (nSPS) is 18.9. The summed E-state index contributed by atoms with van der Waals surface area (Å²) in [7, 11) is 2.00. The Morgan fingerprint density at radius 3 is 2.42 bits per heavy atom. The number of halogens is 2. The Labute approximate surface area is 206 Å². The van der Waals surface area contributed by atoms with Gasteiger partial charge in [-0.05, 0) is 80.8 Å². The number of fused-ring (bicyclic) bond motifs is 1. The molecule has 0 spiro atoms. The Balaban J connectivity index is 1.80. The fourth-order valence-corrected chi connectivity index (χ4v) is 4.89. The number of benzene rings is 2. The number of nitrogens with one attached hydrogen (secondary N) is 1. The number of rotatable bonds is 2. The maximum atomic E-state index is 13.3. The number of amides is 4. The highest BCUT2D eigenvalue weighted by Gasteiger charge is 2.38. The molecule has 0 atom stereocenters. The zero-order valence-corrected chi connectivity index (χ0v) is 21.3. The summed E-state index contributed by atoms with van der Waals surface area (Å²) in [5.41, 5.74) is 4.30. The Bertz CT molecular complexity index is 1300. The maximum absolute atomic E-state index is 13.3. The molecule has 0 saturated carbocycles. The van der Waals surface area contributed by atoms with Crippen molar-refractivity contribution in [2.24, 2.45) is 0 Å². The lowest BCUT2D eigenvalue weighted by Crippen LogP contribution is -2.54. The van der Waals surface area contributed by atoms with Gasteiger partial charge in [-0.2, -0.15) is 0 Å². The Kier molecular flexibility index (Phi) is 5.75. The fourth-order valence-electron chi connectivity index (χ4n) is 4.20. The SMILES string of the molecule is CC1=CC(C)(C)N(C)c2cc(Cl)c(/C=C3/C(=O)NC(=O)N(c4ccc(Br)cc4C)C3=O)cc21.